The first-order valence-corrected chi connectivity index (χ1v) is 3.51. The van der Waals surface area contributed by atoms with Crippen LogP contribution >= 0.6 is 0 Å². The fourth-order valence-electron chi connectivity index (χ4n) is 0.998. The van der Waals surface area contributed by atoms with E-state index < -0.39 is 0 Å². The Morgan fingerprint density at radius 3 is 2.64 bits per heavy atom. The highest BCUT2D eigenvalue weighted by atomic mass is 14.7. The molecule has 0 aliphatic rings. The predicted molar refractivity (Wildman–Crippen MR) is 48.2 cm³/mol. The molecule has 2 heteroatoms. The third kappa shape index (κ3) is 1.24. The molecule has 0 saturated carbocycles. The van der Waals surface area contributed by atoms with Crippen LogP contribution in [0.2, 0.25) is 0 Å². The lowest BCUT2D eigenvalue weighted by atomic mass is 10.1. The minimum absolute atomic E-state index is 0.785. The lowest BCUT2D eigenvalue weighted by Gasteiger charge is -2.05. The van der Waals surface area contributed by atoms with Crippen LogP contribution in [-0.2, 0) is 0 Å². The van der Waals surface area contributed by atoms with E-state index in [1.54, 1.807) is 12.3 Å². The number of hydrogen-bond acceptors (Lipinski definition) is 2. The maximum absolute atomic E-state index is 5.78. The van der Waals surface area contributed by atoms with E-state index in [4.69, 9.17) is 5.73 Å². The average molecular weight is 148 g/mol. The standard InChI is InChI=1S/C9H12N2/c1-4-8-7(3)11-5-6(2)9(8)10/h4-5H,1H2,2-3H3,(H2,10,11). The SMILES string of the molecule is C=Cc1c(C)ncc(C)c1N. The Morgan fingerprint density at radius 2 is 2.18 bits per heavy atom. The van der Waals surface area contributed by atoms with E-state index in [0.717, 1.165) is 22.5 Å². The minimum atomic E-state index is 0.785. The summed E-state index contributed by atoms with van der Waals surface area (Å²) < 4.78 is 0. The fourth-order valence-corrected chi connectivity index (χ4v) is 0.998. The Morgan fingerprint density at radius 1 is 1.55 bits per heavy atom. The van der Waals surface area contributed by atoms with E-state index in [1.807, 2.05) is 13.8 Å². The third-order valence-corrected chi connectivity index (χ3v) is 1.76. The van der Waals surface area contributed by atoms with Gasteiger partial charge in [0.1, 0.15) is 0 Å². The molecule has 0 aliphatic carbocycles. The summed E-state index contributed by atoms with van der Waals surface area (Å²) in [5, 5.41) is 0. The molecule has 1 aromatic rings. The van der Waals surface area contributed by atoms with Gasteiger partial charge in [-0.15, -0.1) is 0 Å². The summed E-state index contributed by atoms with van der Waals surface area (Å²) in [6.07, 6.45) is 3.52. The van der Waals surface area contributed by atoms with Crippen molar-refractivity contribution in [2.45, 2.75) is 13.8 Å². The summed E-state index contributed by atoms with van der Waals surface area (Å²) in [4.78, 5) is 4.16. The van der Waals surface area contributed by atoms with Crippen molar-refractivity contribution < 1.29 is 0 Å². The lowest BCUT2D eigenvalue weighted by Crippen LogP contribution is -1.97. The maximum Gasteiger partial charge on any atom is 0.0465 e. The fraction of sp³-hybridized carbons (Fsp3) is 0.222. The van der Waals surface area contributed by atoms with Gasteiger partial charge in [-0.25, -0.2) is 0 Å². The molecule has 0 radical (unpaired) electrons. The van der Waals surface area contributed by atoms with Crippen molar-refractivity contribution in [3.8, 4) is 0 Å². The van der Waals surface area contributed by atoms with Crippen LogP contribution in [0.3, 0.4) is 0 Å². The van der Waals surface area contributed by atoms with Crippen molar-refractivity contribution in [3.05, 3.63) is 29.6 Å². The van der Waals surface area contributed by atoms with Crippen LogP contribution < -0.4 is 5.73 Å². The highest BCUT2D eigenvalue weighted by Gasteiger charge is 2.01. The first kappa shape index (κ1) is 7.79. The van der Waals surface area contributed by atoms with Gasteiger partial charge in [0.15, 0.2) is 0 Å². The van der Waals surface area contributed by atoms with Gasteiger partial charge in [-0.05, 0) is 19.4 Å². The minimum Gasteiger partial charge on any atom is -0.398 e. The van der Waals surface area contributed by atoms with Crippen LogP contribution in [-0.4, -0.2) is 4.98 Å². The third-order valence-electron chi connectivity index (χ3n) is 1.76. The van der Waals surface area contributed by atoms with Gasteiger partial charge in [-0.1, -0.05) is 12.7 Å². The van der Waals surface area contributed by atoms with Gasteiger partial charge < -0.3 is 5.73 Å². The molecule has 58 valence electrons. The zero-order valence-electron chi connectivity index (χ0n) is 6.89. The van der Waals surface area contributed by atoms with Crippen LogP contribution in [0, 0.1) is 13.8 Å². The molecular weight excluding hydrogens is 136 g/mol. The Kier molecular flexibility index (Phi) is 1.94. The van der Waals surface area contributed by atoms with Gasteiger partial charge in [-0.3, -0.25) is 4.98 Å². The van der Waals surface area contributed by atoms with Gasteiger partial charge >= 0.3 is 0 Å². The smallest absolute Gasteiger partial charge is 0.0465 e. The zero-order chi connectivity index (χ0) is 8.43. The van der Waals surface area contributed by atoms with E-state index in [0.29, 0.717) is 0 Å². The summed E-state index contributed by atoms with van der Waals surface area (Å²) in [5.74, 6) is 0. The zero-order valence-corrected chi connectivity index (χ0v) is 6.89. The number of nitrogen functional groups attached to an aromatic ring is 1. The molecule has 0 amide bonds. The summed E-state index contributed by atoms with van der Waals surface area (Å²) in [6, 6.07) is 0. The van der Waals surface area contributed by atoms with Gasteiger partial charge in [0.05, 0.1) is 0 Å². The monoisotopic (exact) mass is 148 g/mol. The molecule has 1 heterocycles. The van der Waals surface area contributed by atoms with Crippen molar-refractivity contribution in [2.75, 3.05) is 5.73 Å². The molecule has 0 bridgehead atoms. The van der Waals surface area contributed by atoms with Crippen LogP contribution in [0.4, 0.5) is 5.69 Å². The number of aromatic nitrogens is 1. The summed E-state index contributed by atoms with van der Waals surface area (Å²) >= 11 is 0. The van der Waals surface area contributed by atoms with Crippen LogP contribution in [0.15, 0.2) is 12.8 Å². The largest absolute Gasteiger partial charge is 0.398 e. The molecule has 2 N–H and O–H groups in total. The molecule has 0 aromatic carbocycles. The number of aryl methyl sites for hydroxylation is 2. The maximum atomic E-state index is 5.78. The van der Waals surface area contributed by atoms with Gasteiger partial charge in [0.2, 0.25) is 0 Å². The Labute approximate surface area is 66.8 Å². The van der Waals surface area contributed by atoms with Crippen molar-refractivity contribution in [1.29, 1.82) is 0 Å². The van der Waals surface area contributed by atoms with Crippen molar-refractivity contribution >= 4 is 11.8 Å². The lowest BCUT2D eigenvalue weighted by molar-refractivity contribution is 1.16. The number of nitrogens with two attached hydrogens (primary N) is 1. The van der Waals surface area contributed by atoms with Gasteiger partial charge in [0, 0.05) is 23.1 Å². The molecule has 1 aromatic heterocycles. The van der Waals surface area contributed by atoms with Crippen molar-refractivity contribution in [3.63, 3.8) is 0 Å². The Balaban J connectivity index is 3.40. The molecule has 0 unspecified atom stereocenters. The van der Waals surface area contributed by atoms with E-state index in [1.165, 1.54) is 0 Å². The van der Waals surface area contributed by atoms with E-state index in [9.17, 15) is 0 Å². The molecule has 0 fully saturated rings. The van der Waals surface area contributed by atoms with Gasteiger partial charge in [-0.2, -0.15) is 0 Å². The Hall–Kier alpha value is -1.31. The van der Waals surface area contributed by atoms with E-state index in [2.05, 4.69) is 11.6 Å². The molecule has 0 aliphatic heterocycles. The molecule has 0 saturated heterocycles. The van der Waals surface area contributed by atoms with E-state index >= 15 is 0 Å². The molecular formula is C9H12N2. The van der Waals surface area contributed by atoms with Crippen LogP contribution in [0.5, 0.6) is 0 Å². The molecule has 1 rings (SSSR count). The molecule has 2 nitrogen and oxygen atoms in total. The quantitative estimate of drug-likeness (QED) is 0.660. The number of hydrogen-bond donors (Lipinski definition) is 1. The van der Waals surface area contributed by atoms with Crippen molar-refractivity contribution in [1.82, 2.24) is 4.98 Å². The first-order valence-electron chi connectivity index (χ1n) is 3.51. The predicted octanol–water partition coefficient (Wildman–Crippen LogP) is 1.92. The number of nitrogens with zero attached hydrogens (tertiary/aromatic N) is 1. The van der Waals surface area contributed by atoms with Gasteiger partial charge in [0.25, 0.3) is 0 Å². The van der Waals surface area contributed by atoms with Crippen LogP contribution in [0.1, 0.15) is 16.8 Å². The first-order chi connectivity index (χ1) is 5.16. The number of pyridine rings is 1. The second-order valence-electron chi connectivity index (χ2n) is 2.56. The van der Waals surface area contributed by atoms with Crippen LogP contribution in [0.25, 0.3) is 6.08 Å². The second-order valence-corrected chi connectivity index (χ2v) is 2.56. The average Bonchev–Trinajstić information content (AvgIpc) is 1.99. The Bertz CT molecular complexity index is 290. The highest BCUT2D eigenvalue weighted by molar-refractivity contribution is 5.67. The summed E-state index contributed by atoms with van der Waals surface area (Å²) in [6.45, 7) is 7.54. The van der Waals surface area contributed by atoms with E-state index in [-0.39, 0.29) is 0 Å². The number of rotatable bonds is 1. The normalized spacial score (nSPS) is 9.64. The molecule has 0 atom stereocenters. The summed E-state index contributed by atoms with van der Waals surface area (Å²) in [5.41, 5.74) is 9.46. The summed E-state index contributed by atoms with van der Waals surface area (Å²) in [7, 11) is 0. The highest BCUT2D eigenvalue weighted by Crippen LogP contribution is 2.18. The topological polar surface area (TPSA) is 38.9 Å². The molecule has 0 spiro atoms. The van der Waals surface area contributed by atoms with Crippen molar-refractivity contribution in [2.24, 2.45) is 0 Å². The number of anilines is 1. The second kappa shape index (κ2) is 2.74. The molecule has 11 heavy (non-hydrogen) atoms.